The number of nitrogens with zero attached hydrogens (tertiary/aromatic N) is 1. The lowest BCUT2D eigenvalue weighted by Crippen LogP contribution is -2.20. The highest BCUT2D eigenvalue weighted by molar-refractivity contribution is 7.90. The number of aromatic nitrogens is 1. The summed E-state index contributed by atoms with van der Waals surface area (Å²) in [6.07, 6.45) is 0. The first kappa shape index (κ1) is 15.0. The molecular formula is C17H19NO3S. The second kappa shape index (κ2) is 4.81. The van der Waals surface area contributed by atoms with Crippen LogP contribution in [0, 0.1) is 19.8 Å². The van der Waals surface area contributed by atoms with E-state index in [-0.39, 0.29) is 22.5 Å². The molecule has 1 aliphatic rings. The lowest BCUT2D eigenvalue weighted by Gasteiger charge is -2.12. The number of carbonyl (C=O) groups is 1. The Morgan fingerprint density at radius 2 is 1.59 bits per heavy atom. The number of aryl methyl sites for hydroxylation is 2. The highest BCUT2D eigenvalue weighted by atomic mass is 32.2. The fourth-order valence-electron chi connectivity index (χ4n) is 3.07. The molecule has 0 amide bonds. The molecule has 1 aromatic heterocycles. The van der Waals surface area contributed by atoms with Gasteiger partial charge in [0.1, 0.15) is 5.69 Å². The molecule has 3 rings (SSSR count). The van der Waals surface area contributed by atoms with Crippen molar-refractivity contribution in [1.29, 1.82) is 0 Å². The van der Waals surface area contributed by atoms with E-state index in [4.69, 9.17) is 0 Å². The van der Waals surface area contributed by atoms with Gasteiger partial charge in [-0.15, -0.1) is 0 Å². The van der Waals surface area contributed by atoms with Gasteiger partial charge in [0.2, 0.25) is 0 Å². The van der Waals surface area contributed by atoms with Crippen LogP contribution < -0.4 is 0 Å². The molecule has 116 valence electrons. The lowest BCUT2D eigenvalue weighted by molar-refractivity contribution is 0.0931. The molecule has 1 heterocycles. The molecule has 0 saturated carbocycles. The maximum atomic E-state index is 13.0. The largest absolute Gasteiger partial charge is 0.292 e. The number of fused-ring (bicyclic) bond motifs is 1. The van der Waals surface area contributed by atoms with Gasteiger partial charge in [-0.2, -0.15) is 0 Å². The number of Topliss-reactive ketones (excluding diaryl/α,β-unsaturated/α-hetero) is 1. The SMILES string of the molecule is Cc1ccc(S(=O)(=O)n2c(C)cc3c2C(=O)[C@@H](C)[C@H]3C)cc1. The van der Waals surface area contributed by atoms with Crippen molar-refractivity contribution in [3.05, 3.63) is 52.8 Å². The van der Waals surface area contributed by atoms with Crippen LogP contribution in [-0.4, -0.2) is 18.2 Å². The minimum Gasteiger partial charge on any atom is -0.292 e. The Hall–Kier alpha value is -1.88. The summed E-state index contributed by atoms with van der Waals surface area (Å²) < 4.78 is 27.1. The van der Waals surface area contributed by atoms with E-state index < -0.39 is 10.0 Å². The lowest BCUT2D eigenvalue weighted by atomic mass is 9.96. The quantitative estimate of drug-likeness (QED) is 0.854. The van der Waals surface area contributed by atoms with Crippen molar-refractivity contribution in [3.63, 3.8) is 0 Å². The van der Waals surface area contributed by atoms with Gasteiger partial charge >= 0.3 is 0 Å². The molecule has 0 saturated heterocycles. The van der Waals surface area contributed by atoms with Gasteiger partial charge in [0.15, 0.2) is 5.78 Å². The van der Waals surface area contributed by atoms with Crippen molar-refractivity contribution in [2.75, 3.05) is 0 Å². The van der Waals surface area contributed by atoms with Crippen LogP contribution in [0.15, 0.2) is 35.2 Å². The zero-order chi connectivity index (χ0) is 16.2. The fraction of sp³-hybridized carbons (Fsp3) is 0.353. The van der Waals surface area contributed by atoms with Gasteiger partial charge in [0.05, 0.1) is 4.90 Å². The van der Waals surface area contributed by atoms with E-state index in [1.54, 1.807) is 31.2 Å². The molecule has 1 aromatic carbocycles. The first-order chi connectivity index (χ1) is 10.2. The molecule has 0 aliphatic heterocycles. The zero-order valence-electron chi connectivity index (χ0n) is 13.1. The molecule has 0 unspecified atom stereocenters. The van der Waals surface area contributed by atoms with Gasteiger partial charge in [0.25, 0.3) is 10.0 Å². The third-order valence-electron chi connectivity index (χ3n) is 4.61. The minimum atomic E-state index is -3.75. The summed E-state index contributed by atoms with van der Waals surface area (Å²) >= 11 is 0. The van der Waals surface area contributed by atoms with Gasteiger partial charge in [0, 0.05) is 11.6 Å². The van der Waals surface area contributed by atoms with E-state index in [9.17, 15) is 13.2 Å². The molecule has 2 aromatic rings. The molecule has 2 atom stereocenters. The Morgan fingerprint density at radius 1 is 1.00 bits per heavy atom. The van der Waals surface area contributed by atoms with Crippen LogP contribution in [0.5, 0.6) is 0 Å². The number of hydrogen-bond acceptors (Lipinski definition) is 3. The van der Waals surface area contributed by atoms with E-state index in [0.29, 0.717) is 11.4 Å². The van der Waals surface area contributed by atoms with E-state index in [1.165, 1.54) is 3.97 Å². The van der Waals surface area contributed by atoms with Crippen LogP contribution in [0.25, 0.3) is 0 Å². The summed E-state index contributed by atoms with van der Waals surface area (Å²) in [5.41, 5.74) is 2.74. The fourth-order valence-corrected chi connectivity index (χ4v) is 4.63. The van der Waals surface area contributed by atoms with Crippen molar-refractivity contribution in [3.8, 4) is 0 Å². The molecule has 1 aliphatic carbocycles. The highest BCUT2D eigenvalue weighted by Gasteiger charge is 2.40. The van der Waals surface area contributed by atoms with Crippen molar-refractivity contribution < 1.29 is 13.2 Å². The van der Waals surface area contributed by atoms with E-state index in [2.05, 4.69) is 0 Å². The monoisotopic (exact) mass is 317 g/mol. The van der Waals surface area contributed by atoms with Crippen LogP contribution in [0.2, 0.25) is 0 Å². The first-order valence-electron chi connectivity index (χ1n) is 7.34. The van der Waals surface area contributed by atoms with Gasteiger partial charge in [-0.3, -0.25) is 4.79 Å². The van der Waals surface area contributed by atoms with Gasteiger partial charge in [-0.25, -0.2) is 12.4 Å². The van der Waals surface area contributed by atoms with Crippen LogP contribution in [0.3, 0.4) is 0 Å². The standard InChI is InChI=1S/C17H19NO3S/c1-10-5-7-14(8-6-10)22(20,21)18-11(2)9-15-12(3)13(4)17(19)16(15)18/h5-9,12-13H,1-4H3/t12-,13+/m1/s1. The first-order valence-corrected chi connectivity index (χ1v) is 8.78. The molecule has 22 heavy (non-hydrogen) atoms. The maximum Gasteiger partial charge on any atom is 0.268 e. The van der Waals surface area contributed by atoms with Crippen molar-refractivity contribution in [2.24, 2.45) is 5.92 Å². The van der Waals surface area contributed by atoms with E-state index in [1.807, 2.05) is 26.8 Å². The summed E-state index contributed by atoms with van der Waals surface area (Å²) in [5, 5.41) is 0. The topological polar surface area (TPSA) is 56.1 Å². The number of ketones is 1. The predicted octanol–water partition coefficient (Wildman–Crippen LogP) is 3.28. The molecule has 0 N–H and O–H groups in total. The Labute approximate surface area is 130 Å². The molecule has 5 heteroatoms. The molecule has 0 spiro atoms. The molecule has 0 radical (unpaired) electrons. The maximum absolute atomic E-state index is 13.0. The zero-order valence-corrected chi connectivity index (χ0v) is 13.9. The van der Waals surface area contributed by atoms with Crippen molar-refractivity contribution in [2.45, 2.75) is 38.5 Å². The van der Waals surface area contributed by atoms with Gasteiger partial charge < -0.3 is 0 Å². The average Bonchev–Trinajstić information content (AvgIpc) is 2.91. The summed E-state index contributed by atoms with van der Waals surface area (Å²) in [6, 6.07) is 8.52. The molecule has 0 fully saturated rings. The highest BCUT2D eigenvalue weighted by Crippen LogP contribution is 2.40. The van der Waals surface area contributed by atoms with Gasteiger partial charge in [-0.1, -0.05) is 31.5 Å². The summed E-state index contributed by atoms with van der Waals surface area (Å²) in [7, 11) is -3.75. The third-order valence-corrected chi connectivity index (χ3v) is 6.43. The average molecular weight is 317 g/mol. The van der Waals surface area contributed by atoms with Crippen LogP contribution >= 0.6 is 0 Å². The predicted molar refractivity (Wildman–Crippen MR) is 84.8 cm³/mol. The second-order valence-corrected chi connectivity index (χ2v) is 7.90. The Morgan fingerprint density at radius 3 is 2.18 bits per heavy atom. The number of benzene rings is 1. The van der Waals surface area contributed by atoms with Crippen LogP contribution in [0.4, 0.5) is 0 Å². The third kappa shape index (κ3) is 1.96. The summed E-state index contributed by atoms with van der Waals surface area (Å²) in [5.74, 6) is -0.216. The van der Waals surface area contributed by atoms with Crippen LogP contribution in [-0.2, 0) is 10.0 Å². The Balaban J connectivity index is 2.24. The molecular weight excluding hydrogens is 298 g/mol. The van der Waals surface area contributed by atoms with E-state index >= 15 is 0 Å². The molecule has 4 nitrogen and oxygen atoms in total. The second-order valence-electron chi connectivity index (χ2n) is 6.11. The number of carbonyl (C=O) groups excluding carboxylic acids is 1. The number of hydrogen-bond donors (Lipinski definition) is 0. The molecule has 0 bridgehead atoms. The van der Waals surface area contributed by atoms with E-state index in [0.717, 1.165) is 11.1 Å². The van der Waals surface area contributed by atoms with Crippen molar-refractivity contribution in [1.82, 2.24) is 3.97 Å². The van der Waals surface area contributed by atoms with Crippen molar-refractivity contribution >= 4 is 15.8 Å². The van der Waals surface area contributed by atoms with Crippen LogP contribution in [0.1, 0.15) is 47.1 Å². The Bertz CT molecular complexity index is 860. The summed E-state index contributed by atoms with van der Waals surface area (Å²) in [4.78, 5) is 12.7. The number of rotatable bonds is 2. The Kier molecular flexibility index (Phi) is 3.29. The smallest absolute Gasteiger partial charge is 0.268 e. The summed E-state index contributed by atoms with van der Waals surface area (Å²) in [6.45, 7) is 7.46. The normalized spacial score (nSPS) is 21.2. The minimum absolute atomic E-state index is 0.0515. The van der Waals surface area contributed by atoms with Gasteiger partial charge in [-0.05, 0) is 43.5 Å².